The Kier molecular flexibility index (Phi) is 10.6. The molecule has 7 nitrogen and oxygen atoms in total. The van der Waals surface area contributed by atoms with E-state index < -0.39 is 53.6 Å². The number of carbonyl (C=O) groups excluding carboxylic acids is 2. The number of esters is 1. The van der Waals surface area contributed by atoms with Crippen LogP contribution in [-0.4, -0.2) is 45.3 Å². The lowest BCUT2D eigenvalue weighted by molar-refractivity contribution is -0.154. The number of aromatic nitrogens is 1. The fourth-order valence-corrected chi connectivity index (χ4v) is 4.34. The Morgan fingerprint density at radius 3 is 2.64 bits per heavy atom. The number of aryl methyl sites for hydroxylation is 1. The third-order valence-electron chi connectivity index (χ3n) is 6.91. The molecule has 0 radical (unpaired) electrons. The minimum Gasteiger partial charge on any atom is -0.455 e. The molecule has 1 aliphatic rings. The van der Waals surface area contributed by atoms with Gasteiger partial charge in [0.15, 0.2) is 12.0 Å². The number of hydrogen-bond acceptors (Lipinski definition) is 7. The highest BCUT2D eigenvalue weighted by atomic mass is 19.1. The van der Waals surface area contributed by atoms with Gasteiger partial charge in [-0.25, -0.2) is 9.37 Å². The van der Waals surface area contributed by atoms with E-state index in [1.807, 2.05) is 19.9 Å². The van der Waals surface area contributed by atoms with E-state index in [0.29, 0.717) is 18.7 Å². The van der Waals surface area contributed by atoms with Gasteiger partial charge in [0.1, 0.15) is 23.6 Å². The molecule has 0 bridgehead atoms. The van der Waals surface area contributed by atoms with Gasteiger partial charge in [-0.05, 0) is 32.1 Å². The monoisotopic (exact) mass is 503 g/mol. The number of ketones is 1. The normalized spacial score (nSPS) is 30.7. The smallest absolute Gasteiger partial charge is 0.309 e. The number of terminal acetylenes is 1. The zero-order chi connectivity index (χ0) is 27.0. The van der Waals surface area contributed by atoms with Crippen LogP contribution in [0.4, 0.5) is 4.39 Å². The van der Waals surface area contributed by atoms with Crippen LogP contribution in [0.3, 0.4) is 0 Å². The van der Waals surface area contributed by atoms with E-state index in [1.165, 1.54) is 20.1 Å². The Bertz CT molecular complexity index is 1020. The molecule has 8 heteroatoms. The molecule has 0 unspecified atom stereocenters. The van der Waals surface area contributed by atoms with Crippen molar-refractivity contribution >= 4 is 17.8 Å². The molecular weight excluding hydrogens is 465 g/mol. The van der Waals surface area contributed by atoms with Gasteiger partial charge in [-0.15, -0.1) is 12.3 Å². The summed E-state index contributed by atoms with van der Waals surface area (Å²) in [6.45, 7) is 8.42. The van der Waals surface area contributed by atoms with Crippen molar-refractivity contribution in [2.45, 2.75) is 91.5 Å². The first-order chi connectivity index (χ1) is 16.9. The number of halogens is 1. The highest BCUT2D eigenvalue weighted by molar-refractivity contribution is 5.88. The molecular formula is C28H38FNO6. The number of cyclic esters (lactones) is 1. The average Bonchev–Trinajstić information content (AvgIpc) is 3.22. The summed E-state index contributed by atoms with van der Waals surface area (Å²) in [7, 11) is 0. The number of hydrogen-bond donors (Lipinski definition) is 2. The number of aliphatic hydroxyl groups excluding tert-OH is 2. The zero-order valence-corrected chi connectivity index (χ0v) is 21.8. The number of Topliss-reactive ketones (excluding diaryl/α,β-unsaturated/α-hetero) is 1. The number of carbonyl (C=O) groups is 2. The number of oxazole rings is 1. The van der Waals surface area contributed by atoms with Gasteiger partial charge < -0.3 is 19.4 Å². The second kappa shape index (κ2) is 13.0. The van der Waals surface area contributed by atoms with Crippen LogP contribution in [-0.2, 0) is 14.3 Å². The molecule has 2 heterocycles. The van der Waals surface area contributed by atoms with Crippen LogP contribution in [0.5, 0.6) is 0 Å². The van der Waals surface area contributed by atoms with E-state index in [9.17, 15) is 19.8 Å². The molecule has 0 amide bonds. The van der Waals surface area contributed by atoms with Gasteiger partial charge in [0.2, 0.25) is 0 Å². The molecule has 0 fully saturated rings. The van der Waals surface area contributed by atoms with Gasteiger partial charge >= 0.3 is 5.97 Å². The van der Waals surface area contributed by atoms with Crippen molar-refractivity contribution in [2.24, 2.45) is 17.3 Å². The summed E-state index contributed by atoms with van der Waals surface area (Å²) in [5.41, 5.74) is -0.156. The molecule has 0 saturated heterocycles. The molecule has 5 atom stereocenters. The fraction of sp³-hybridized carbons (Fsp3) is 0.607. The average molecular weight is 504 g/mol. The summed E-state index contributed by atoms with van der Waals surface area (Å²) in [6, 6.07) is 0. The van der Waals surface area contributed by atoms with Crippen LogP contribution in [0.15, 0.2) is 28.2 Å². The first kappa shape index (κ1) is 29.5. The van der Waals surface area contributed by atoms with Crippen molar-refractivity contribution < 1.29 is 33.3 Å². The van der Waals surface area contributed by atoms with E-state index >= 15 is 4.39 Å². The fourth-order valence-electron chi connectivity index (χ4n) is 4.34. The van der Waals surface area contributed by atoms with E-state index in [4.69, 9.17) is 15.6 Å². The molecule has 198 valence electrons. The number of allylic oxidation sites excluding steroid dienone is 1. The van der Waals surface area contributed by atoms with Crippen LogP contribution < -0.4 is 0 Å². The van der Waals surface area contributed by atoms with Gasteiger partial charge in [0.25, 0.3) is 0 Å². The molecule has 2 N–H and O–H groups in total. The molecule has 0 aromatic carbocycles. The van der Waals surface area contributed by atoms with Crippen LogP contribution >= 0.6 is 0 Å². The first-order valence-corrected chi connectivity index (χ1v) is 12.3. The summed E-state index contributed by atoms with van der Waals surface area (Å²) in [5.74, 6) is -0.242. The topological polar surface area (TPSA) is 110 Å². The molecule has 1 aliphatic heterocycles. The molecule has 0 aliphatic carbocycles. The number of aliphatic hydroxyl groups is 2. The first-order valence-electron chi connectivity index (χ1n) is 12.3. The Balaban J connectivity index is 2.37. The predicted octanol–water partition coefficient (Wildman–Crippen LogP) is 4.71. The Morgan fingerprint density at radius 1 is 1.33 bits per heavy atom. The van der Waals surface area contributed by atoms with E-state index in [2.05, 4.69) is 10.9 Å². The van der Waals surface area contributed by atoms with Gasteiger partial charge in [-0.1, -0.05) is 32.4 Å². The summed E-state index contributed by atoms with van der Waals surface area (Å²) in [6.07, 6.45) is 7.80. The second-order valence-electron chi connectivity index (χ2n) is 10.3. The van der Waals surface area contributed by atoms with Crippen LogP contribution in [0.2, 0.25) is 0 Å². The molecule has 2 rings (SSSR count). The van der Waals surface area contributed by atoms with Gasteiger partial charge in [0.05, 0.1) is 30.0 Å². The quantitative estimate of drug-likeness (QED) is 0.349. The zero-order valence-electron chi connectivity index (χ0n) is 21.8. The van der Waals surface area contributed by atoms with Crippen LogP contribution in [0.25, 0.3) is 6.08 Å². The number of nitrogens with zero attached hydrogens (tertiary/aromatic N) is 1. The Hall–Kier alpha value is -2.76. The van der Waals surface area contributed by atoms with E-state index in [0.717, 1.165) is 18.1 Å². The lowest BCUT2D eigenvalue weighted by atomic mass is 9.71. The maximum atomic E-state index is 15.1. The van der Waals surface area contributed by atoms with Crippen molar-refractivity contribution in [3.8, 4) is 12.3 Å². The second-order valence-corrected chi connectivity index (χ2v) is 10.3. The minimum absolute atomic E-state index is 0.0173. The highest BCUT2D eigenvalue weighted by Gasteiger charge is 2.43. The Morgan fingerprint density at radius 2 is 2.03 bits per heavy atom. The lowest BCUT2D eigenvalue weighted by Gasteiger charge is -2.35. The maximum absolute atomic E-state index is 15.1. The van der Waals surface area contributed by atoms with Crippen molar-refractivity contribution in [1.82, 2.24) is 4.98 Å². The summed E-state index contributed by atoms with van der Waals surface area (Å²) in [5, 5.41) is 21.8. The third kappa shape index (κ3) is 7.87. The highest BCUT2D eigenvalue weighted by Crippen LogP contribution is 2.34. The van der Waals surface area contributed by atoms with Gasteiger partial charge in [-0.2, -0.15) is 0 Å². The molecule has 1 aromatic heterocycles. The number of rotatable bonds is 3. The summed E-state index contributed by atoms with van der Waals surface area (Å²) < 4.78 is 25.6. The summed E-state index contributed by atoms with van der Waals surface area (Å²) >= 11 is 0. The van der Waals surface area contributed by atoms with Gasteiger partial charge in [0, 0.05) is 25.8 Å². The van der Waals surface area contributed by atoms with Crippen molar-refractivity contribution in [1.29, 1.82) is 0 Å². The van der Waals surface area contributed by atoms with Crippen molar-refractivity contribution in [3.05, 3.63) is 35.3 Å². The predicted molar refractivity (Wildman–Crippen MR) is 134 cm³/mol. The van der Waals surface area contributed by atoms with E-state index in [-0.39, 0.29) is 24.5 Å². The largest absolute Gasteiger partial charge is 0.455 e. The van der Waals surface area contributed by atoms with Crippen molar-refractivity contribution in [2.75, 3.05) is 0 Å². The van der Waals surface area contributed by atoms with Crippen LogP contribution in [0, 0.1) is 36.5 Å². The molecule has 36 heavy (non-hydrogen) atoms. The summed E-state index contributed by atoms with van der Waals surface area (Å²) in [4.78, 5) is 30.2. The van der Waals surface area contributed by atoms with Gasteiger partial charge in [-0.3, -0.25) is 9.59 Å². The standard InChI is InChI=1S/C28H38FNO6/c1-7-9-21-26(33)18(3)11-8-10-17(2)12-13-23(22(29)14-20-16-35-19(4)30-20)36-25(32)15-24(31)28(5,6)27(21)34/h1,12,14,16,18,21,23-24,26,31,33H,8-11,13,15H2,2-6H3/b17-12-,22-14-/t18-,21+,23-,24+,26-/m0/s1. The van der Waals surface area contributed by atoms with Crippen molar-refractivity contribution in [3.63, 3.8) is 0 Å². The third-order valence-corrected chi connectivity index (χ3v) is 6.91. The number of ether oxygens (including phenoxy) is 1. The minimum atomic E-state index is -1.42. The lowest BCUT2D eigenvalue weighted by Crippen LogP contribution is -2.46. The SMILES string of the molecule is C#CC[C@H]1C(=O)C(C)(C)[C@H](O)CC(=O)O[C@H](/C(F)=C/c2coc(C)n2)C/C=C(/C)CCC[C@H](C)[C@@H]1O. The molecule has 1 aromatic rings. The Labute approximate surface area is 212 Å². The van der Waals surface area contributed by atoms with Crippen LogP contribution in [0.1, 0.15) is 77.8 Å². The molecule has 0 saturated carbocycles. The van der Waals surface area contributed by atoms with E-state index in [1.54, 1.807) is 6.92 Å². The molecule has 0 spiro atoms. The maximum Gasteiger partial charge on any atom is 0.309 e.